The fourth-order valence-electron chi connectivity index (χ4n) is 2.24. The zero-order valence-electron chi connectivity index (χ0n) is 11.9. The number of rotatable bonds is 3. The third-order valence-electron chi connectivity index (χ3n) is 3.32. The van der Waals surface area contributed by atoms with Crippen molar-refractivity contribution >= 4 is 22.4 Å². The average molecular weight is 304 g/mol. The van der Waals surface area contributed by atoms with E-state index in [1.54, 1.807) is 25.1 Å². The number of aromatic nitrogens is 3. The summed E-state index contributed by atoms with van der Waals surface area (Å²) >= 11 is 6.31. The molecule has 0 spiro atoms. The van der Waals surface area contributed by atoms with Gasteiger partial charge < -0.3 is 9.47 Å². The lowest BCUT2D eigenvalue weighted by Gasteiger charge is -2.11. The first-order valence-electron chi connectivity index (χ1n) is 6.37. The molecule has 6 heteroatoms. The summed E-state index contributed by atoms with van der Waals surface area (Å²) in [7, 11) is 3.19. The molecule has 1 aromatic carbocycles. The number of nitrogens with zero attached hydrogens (tertiary/aromatic N) is 3. The maximum absolute atomic E-state index is 6.31. The first-order chi connectivity index (χ1) is 10.1. The van der Waals surface area contributed by atoms with E-state index in [1.807, 2.05) is 31.2 Å². The lowest BCUT2D eigenvalue weighted by Crippen LogP contribution is -2.02. The van der Waals surface area contributed by atoms with E-state index in [0.29, 0.717) is 22.5 Å². The fraction of sp³-hybridized carbons (Fsp3) is 0.200. The Morgan fingerprint density at radius 1 is 1.10 bits per heavy atom. The van der Waals surface area contributed by atoms with E-state index in [-0.39, 0.29) is 0 Å². The quantitative estimate of drug-likeness (QED) is 0.696. The number of halogens is 1. The molecule has 0 bridgehead atoms. The lowest BCUT2D eigenvalue weighted by molar-refractivity contribution is 0.356. The van der Waals surface area contributed by atoms with Crippen molar-refractivity contribution < 1.29 is 9.47 Å². The number of hydrogen-bond acceptors (Lipinski definition) is 4. The van der Waals surface area contributed by atoms with Crippen molar-refractivity contribution in [3.05, 3.63) is 41.3 Å². The molecule has 3 rings (SSSR count). The third kappa shape index (κ3) is 2.29. The molecule has 2 heterocycles. The van der Waals surface area contributed by atoms with Crippen molar-refractivity contribution in [2.24, 2.45) is 0 Å². The van der Waals surface area contributed by atoms with Gasteiger partial charge in [-0.15, -0.1) is 0 Å². The molecule has 2 aromatic heterocycles. The third-order valence-corrected chi connectivity index (χ3v) is 3.61. The Morgan fingerprint density at radius 2 is 1.81 bits per heavy atom. The summed E-state index contributed by atoms with van der Waals surface area (Å²) in [6.45, 7) is 1.96. The van der Waals surface area contributed by atoms with Gasteiger partial charge in [0, 0.05) is 17.3 Å². The first kappa shape index (κ1) is 13.7. The van der Waals surface area contributed by atoms with E-state index in [2.05, 4.69) is 10.1 Å². The Balaban J connectivity index is 2.26. The molecule has 0 atom stereocenters. The van der Waals surface area contributed by atoms with Gasteiger partial charge in [0.25, 0.3) is 0 Å². The van der Waals surface area contributed by atoms with Crippen LogP contribution in [0.15, 0.2) is 30.5 Å². The van der Waals surface area contributed by atoms with Crippen LogP contribution in [0, 0.1) is 6.92 Å². The molecular weight excluding hydrogens is 290 g/mol. The standard InChI is InChI=1S/C15H14ClN3O2/c1-9-4-5-17-19(9)14-7-10-6-12(20-2)13(21-3)8-11(10)15(16)18-14/h4-8H,1-3H3. The summed E-state index contributed by atoms with van der Waals surface area (Å²) in [6.07, 6.45) is 1.73. The van der Waals surface area contributed by atoms with Crippen LogP contribution in [0.2, 0.25) is 5.15 Å². The number of methoxy groups -OCH3 is 2. The van der Waals surface area contributed by atoms with Crippen LogP contribution in [0.25, 0.3) is 16.6 Å². The molecule has 0 radical (unpaired) electrons. The van der Waals surface area contributed by atoms with Crippen LogP contribution in [0.3, 0.4) is 0 Å². The lowest BCUT2D eigenvalue weighted by atomic mass is 10.1. The number of fused-ring (bicyclic) bond motifs is 1. The number of benzene rings is 1. The van der Waals surface area contributed by atoms with Crippen molar-refractivity contribution in [2.45, 2.75) is 6.92 Å². The van der Waals surface area contributed by atoms with Gasteiger partial charge in [-0.3, -0.25) is 0 Å². The highest BCUT2D eigenvalue weighted by Crippen LogP contribution is 2.35. The Hall–Kier alpha value is -2.27. The molecule has 0 aliphatic carbocycles. The monoisotopic (exact) mass is 303 g/mol. The Bertz CT molecular complexity index is 814. The fourth-order valence-corrected chi connectivity index (χ4v) is 2.49. The summed E-state index contributed by atoms with van der Waals surface area (Å²) in [6, 6.07) is 7.53. The Kier molecular flexibility index (Phi) is 3.43. The highest BCUT2D eigenvalue weighted by atomic mass is 35.5. The van der Waals surface area contributed by atoms with Gasteiger partial charge in [0.15, 0.2) is 17.3 Å². The summed E-state index contributed by atoms with van der Waals surface area (Å²) in [5.74, 6) is 1.94. The van der Waals surface area contributed by atoms with E-state index in [9.17, 15) is 0 Å². The summed E-state index contributed by atoms with van der Waals surface area (Å²) in [5, 5.41) is 6.37. The largest absolute Gasteiger partial charge is 0.493 e. The zero-order chi connectivity index (χ0) is 15.0. The molecule has 0 N–H and O–H groups in total. The topological polar surface area (TPSA) is 49.2 Å². The number of aryl methyl sites for hydroxylation is 1. The van der Waals surface area contributed by atoms with Crippen molar-refractivity contribution in [1.82, 2.24) is 14.8 Å². The zero-order valence-corrected chi connectivity index (χ0v) is 12.7. The second-order valence-corrected chi connectivity index (χ2v) is 4.94. The minimum Gasteiger partial charge on any atom is -0.493 e. The highest BCUT2D eigenvalue weighted by Gasteiger charge is 2.12. The molecular formula is C15H14ClN3O2. The molecule has 108 valence electrons. The van der Waals surface area contributed by atoms with Crippen molar-refractivity contribution in [3.8, 4) is 17.3 Å². The summed E-state index contributed by atoms with van der Waals surface area (Å²) in [5.41, 5.74) is 0.985. The second kappa shape index (κ2) is 5.26. The number of ether oxygens (including phenoxy) is 2. The van der Waals surface area contributed by atoms with Gasteiger partial charge in [0.1, 0.15) is 5.15 Å². The summed E-state index contributed by atoms with van der Waals surface area (Å²) < 4.78 is 12.4. The minimum atomic E-state index is 0.401. The molecule has 0 amide bonds. The Morgan fingerprint density at radius 3 is 2.43 bits per heavy atom. The first-order valence-corrected chi connectivity index (χ1v) is 6.75. The van der Waals surface area contributed by atoms with Crippen LogP contribution >= 0.6 is 11.6 Å². The van der Waals surface area contributed by atoms with Crippen LogP contribution in [0.1, 0.15) is 5.69 Å². The average Bonchev–Trinajstić information content (AvgIpc) is 2.92. The van der Waals surface area contributed by atoms with E-state index in [0.717, 1.165) is 16.5 Å². The minimum absolute atomic E-state index is 0.401. The molecule has 3 aromatic rings. The smallest absolute Gasteiger partial charge is 0.161 e. The van der Waals surface area contributed by atoms with Gasteiger partial charge in [-0.2, -0.15) is 5.10 Å². The van der Waals surface area contributed by atoms with E-state index < -0.39 is 0 Å². The second-order valence-electron chi connectivity index (χ2n) is 4.58. The molecule has 0 aliphatic rings. The van der Waals surface area contributed by atoms with E-state index in [1.165, 1.54) is 0 Å². The normalized spacial score (nSPS) is 10.9. The molecule has 5 nitrogen and oxygen atoms in total. The van der Waals surface area contributed by atoms with Crippen LogP contribution in [0.5, 0.6) is 11.5 Å². The molecule has 0 saturated carbocycles. The van der Waals surface area contributed by atoms with Gasteiger partial charge in [0.05, 0.1) is 14.2 Å². The van der Waals surface area contributed by atoms with Crippen molar-refractivity contribution in [3.63, 3.8) is 0 Å². The molecule has 0 aliphatic heterocycles. The van der Waals surface area contributed by atoms with Crippen molar-refractivity contribution in [2.75, 3.05) is 14.2 Å². The molecule has 0 unspecified atom stereocenters. The maximum atomic E-state index is 6.31. The highest BCUT2D eigenvalue weighted by molar-refractivity contribution is 6.34. The SMILES string of the molecule is COc1cc2cc(-n3nccc3C)nc(Cl)c2cc1OC. The number of hydrogen-bond donors (Lipinski definition) is 0. The molecule has 0 saturated heterocycles. The van der Waals surface area contributed by atoms with Gasteiger partial charge in [-0.25, -0.2) is 9.67 Å². The summed E-state index contributed by atoms with van der Waals surface area (Å²) in [4.78, 5) is 4.41. The van der Waals surface area contributed by atoms with Crippen molar-refractivity contribution in [1.29, 1.82) is 0 Å². The van der Waals surface area contributed by atoms with E-state index in [4.69, 9.17) is 21.1 Å². The number of pyridine rings is 1. The van der Waals surface area contributed by atoms with Crippen LogP contribution < -0.4 is 9.47 Å². The van der Waals surface area contributed by atoms with Gasteiger partial charge in [-0.05, 0) is 36.6 Å². The molecule has 21 heavy (non-hydrogen) atoms. The van der Waals surface area contributed by atoms with Gasteiger partial charge in [-0.1, -0.05) is 11.6 Å². The Labute approximate surface area is 127 Å². The predicted octanol–water partition coefficient (Wildman–Crippen LogP) is 3.40. The van der Waals surface area contributed by atoms with Crippen LogP contribution in [-0.2, 0) is 0 Å². The van der Waals surface area contributed by atoms with Crippen LogP contribution in [0.4, 0.5) is 0 Å². The maximum Gasteiger partial charge on any atom is 0.161 e. The van der Waals surface area contributed by atoms with Gasteiger partial charge >= 0.3 is 0 Å². The molecule has 0 fully saturated rings. The van der Waals surface area contributed by atoms with Crippen LogP contribution in [-0.4, -0.2) is 29.0 Å². The van der Waals surface area contributed by atoms with Gasteiger partial charge in [0.2, 0.25) is 0 Å². The predicted molar refractivity (Wildman–Crippen MR) is 81.7 cm³/mol. The van der Waals surface area contributed by atoms with E-state index >= 15 is 0 Å².